The number of thioether (sulfide) groups is 1. The average Bonchev–Trinajstić information content (AvgIpc) is 3.48. The van der Waals surface area contributed by atoms with Crippen LogP contribution in [0.3, 0.4) is 0 Å². The molecule has 0 atom stereocenters. The Morgan fingerprint density at radius 3 is 2.56 bits per heavy atom. The second-order valence-corrected chi connectivity index (χ2v) is 8.89. The number of hydrogen-bond donors (Lipinski definition) is 2. The van der Waals surface area contributed by atoms with E-state index in [9.17, 15) is 22.8 Å². The molecule has 0 aliphatic heterocycles. The summed E-state index contributed by atoms with van der Waals surface area (Å²) in [4.78, 5) is 24.5. The molecule has 0 unspecified atom stereocenters. The highest BCUT2D eigenvalue weighted by atomic mass is 32.2. The fourth-order valence-corrected chi connectivity index (χ4v) is 4.25. The Morgan fingerprint density at radius 1 is 1.00 bits per heavy atom. The van der Waals surface area contributed by atoms with Gasteiger partial charge in [-0.3, -0.25) is 14.9 Å². The van der Waals surface area contributed by atoms with Crippen molar-refractivity contribution >= 4 is 45.7 Å². The van der Waals surface area contributed by atoms with Crippen molar-refractivity contribution < 1.29 is 27.3 Å². The van der Waals surface area contributed by atoms with Gasteiger partial charge in [-0.1, -0.05) is 64.7 Å². The van der Waals surface area contributed by atoms with Crippen molar-refractivity contribution in [1.29, 1.82) is 0 Å². The van der Waals surface area contributed by atoms with Crippen molar-refractivity contribution in [2.45, 2.75) is 10.5 Å². The number of alkyl halides is 3. The monoisotopic (exact) mass is 505 g/mol. The Balaban J connectivity index is 1.30. The molecule has 8 nitrogen and oxygen atoms in total. The van der Waals surface area contributed by atoms with Crippen molar-refractivity contribution in [1.82, 2.24) is 15.4 Å². The number of amides is 2. The summed E-state index contributed by atoms with van der Waals surface area (Å²) in [6, 6.07) is 15.0. The van der Waals surface area contributed by atoms with Gasteiger partial charge < -0.3 is 9.84 Å². The molecule has 2 aromatic heterocycles. The van der Waals surface area contributed by atoms with E-state index in [4.69, 9.17) is 4.52 Å². The zero-order valence-corrected chi connectivity index (χ0v) is 18.6. The van der Waals surface area contributed by atoms with Crippen LogP contribution in [0.4, 0.5) is 24.0 Å². The maximum absolute atomic E-state index is 12.8. The van der Waals surface area contributed by atoms with Crippen LogP contribution in [0, 0.1) is 0 Å². The number of carbonyl (C=O) groups excluding carboxylic acids is 2. The van der Waals surface area contributed by atoms with Gasteiger partial charge in [-0.2, -0.15) is 13.2 Å². The van der Waals surface area contributed by atoms with Crippen molar-refractivity contribution in [2.24, 2.45) is 0 Å². The van der Waals surface area contributed by atoms with Crippen molar-refractivity contribution in [3.05, 3.63) is 71.9 Å². The molecule has 4 rings (SSSR count). The van der Waals surface area contributed by atoms with E-state index in [1.807, 2.05) is 30.3 Å². The second-order valence-electron chi connectivity index (χ2n) is 6.69. The number of aromatic nitrogens is 3. The lowest BCUT2D eigenvalue weighted by atomic mass is 10.1. The number of nitrogens with one attached hydrogen (secondary N) is 2. The maximum atomic E-state index is 12.8. The zero-order valence-electron chi connectivity index (χ0n) is 17.0. The third-order valence-electron chi connectivity index (χ3n) is 4.23. The number of halogens is 3. The van der Waals surface area contributed by atoms with E-state index < -0.39 is 23.6 Å². The predicted octanol–water partition coefficient (Wildman–Crippen LogP) is 5.20. The molecule has 2 N–H and O–H groups in total. The minimum Gasteiger partial charge on any atom is -0.355 e. The maximum Gasteiger partial charge on any atom is 0.416 e. The second kappa shape index (κ2) is 10.1. The van der Waals surface area contributed by atoms with E-state index in [0.29, 0.717) is 10.1 Å². The summed E-state index contributed by atoms with van der Waals surface area (Å²) in [5.74, 6) is -0.726. The van der Waals surface area contributed by atoms with Gasteiger partial charge in [-0.15, -0.1) is 10.2 Å². The van der Waals surface area contributed by atoms with Crippen LogP contribution >= 0.6 is 23.1 Å². The van der Waals surface area contributed by atoms with Crippen molar-refractivity contribution in [3.8, 4) is 11.3 Å². The Hall–Kier alpha value is -3.71. The van der Waals surface area contributed by atoms with Crippen LogP contribution < -0.4 is 10.6 Å². The first kappa shape index (κ1) is 23.4. The normalized spacial score (nSPS) is 11.3. The van der Waals surface area contributed by atoms with Gasteiger partial charge in [0.15, 0.2) is 15.8 Å². The van der Waals surface area contributed by atoms with Crippen LogP contribution in [0.15, 0.2) is 69.5 Å². The summed E-state index contributed by atoms with van der Waals surface area (Å²) in [5, 5.41) is 16.6. The van der Waals surface area contributed by atoms with Gasteiger partial charge in [0, 0.05) is 17.3 Å². The van der Waals surface area contributed by atoms with Crippen LogP contribution in [-0.4, -0.2) is 32.9 Å². The lowest BCUT2D eigenvalue weighted by Gasteiger charge is -2.09. The molecule has 2 amide bonds. The fraction of sp³-hybridized carbons (Fsp3) is 0.0952. The van der Waals surface area contributed by atoms with Gasteiger partial charge in [0.1, 0.15) is 0 Å². The fourth-order valence-electron chi connectivity index (χ4n) is 2.70. The van der Waals surface area contributed by atoms with Gasteiger partial charge in [-0.05, 0) is 18.2 Å². The molecule has 0 spiro atoms. The van der Waals surface area contributed by atoms with E-state index in [2.05, 4.69) is 26.0 Å². The largest absolute Gasteiger partial charge is 0.416 e. The van der Waals surface area contributed by atoms with E-state index >= 15 is 0 Å². The van der Waals surface area contributed by atoms with E-state index in [1.165, 1.54) is 18.2 Å². The lowest BCUT2D eigenvalue weighted by molar-refractivity contribution is -0.137. The third kappa shape index (κ3) is 5.99. The molecule has 0 aliphatic carbocycles. The minimum absolute atomic E-state index is 0.0353. The van der Waals surface area contributed by atoms with Gasteiger partial charge in [0.2, 0.25) is 11.0 Å². The molecule has 0 saturated heterocycles. The minimum atomic E-state index is -4.50. The molecule has 2 heterocycles. The molecule has 174 valence electrons. The first-order valence-corrected chi connectivity index (χ1v) is 11.3. The third-order valence-corrected chi connectivity index (χ3v) is 6.20. The lowest BCUT2D eigenvalue weighted by Crippen LogP contribution is -2.15. The molecule has 0 fully saturated rings. The molecular weight excluding hydrogens is 491 g/mol. The van der Waals surface area contributed by atoms with E-state index in [1.54, 1.807) is 0 Å². The number of carbonyl (C=O) groups is 2. The Labute approximate surface area is 198 Å². The highest BCUT2D eigenvalue weighted by Crippen LogP contribution is 2.31. The number of anilines is 2. The van der Waals surface area contributed by atoms with Gasteiger partial charge in [0.05, 0.1) is 11.3 Å². The SMILES string of the molecule is O=C(CSc1nnc(NC(=O)c2cc(-c3ccccc3)on2)s1)Nc1cccc(C(F)(F)F)c1. The summed E-state index contributed by atoms with van der Waals surface area (Å²) in [7, 11) is 0. The van der Waals surface area contributed by atoms with Gasteiger partial charge >= 0.3 is 6.18 Å². The van der Waals surface area contributed by atoms with Crippen LogP contribution in [0.5, 0.6) is 0 Å². The molecular formula is C21H14F3N5O3S2. The van der Waals surface area contributed by atoms with E-state index in [-0.39, 0.29) is 22.3 Å². The molecule has 13 heteroatoms. The smallest absolute Gasteiger partial charge is 0.355 e. The summed E-state index contributed by atoms with van der Waals surface area (Å²) in [6.45, 7) is 0. The van der Waals surface area contributed by atoms with E-state index in [0.717, 1.165) is 40.8 Å². The predicted molar refractivity (Wildman–Crippen MR) is 121 cm³/mol. The van der Waals surface area contributed by atoms with Crippen LogP contribution in [0.2, 0.25) is 0 Å². The van der Waals surface area contributed by atoms with Gasteiger partial charge in [-0.25, -0.2) is 0 Å². The summed E-state index contributed by atoms with van der Waals surface area (Å²) in [6.07, 6.45) is -4.50. The summed E-state index contributed by atoms with van der Waals surface area (Å²) >= 11 is 2.06. The van der Waals surface area contributed by atoms with Crippen molar-refractivity contribution in [2.75, 3.05) is 16.4 Å². The quantitative estimate of drug-likeness (QED) is 0.263. The molecule has 0 saturated carbocycles. The van der Waals surface area contributed by atoms with Crippen LogP contribution in [0.25, 0.3) is 11.3 Å². The topological polar surface area (TPSA) is 110 Å². The first-order chi connectivity index (χ1) is 16.3. The first-order valence-electron chi connectivity index (χ1n) is 9.55. The summed E-state index contributed by atoms with van der Waals surface area (Å²) < 4.78 is 43.9. The highest BCUT2D eigenvalue weighted by Gasteiger charge is 2.30. The van der Waals surface area contributed by atoms with Crippen LogP contribution in [-0.2, 0) is 11.0 Å². The highest BCUT2D eigenvalue weighted by molar-refractivity contribution is 8.01. The molecule has 0 radical (unpaired) electrons. The molecule has 34 heavy (non-hydrogen) atoms. The number of benzene rings is 2. The number of hydrogen-bond acceptors (Lipinski definition) is 8. The van der Waals surface area contributed by atoms with Crippen molar-refractivity contribution in [3.63, 3.8) is 0 Å². The molecule has 2 aromatic carbocycles. The zero-order chi connectivity index (χ0) is 24.1. The average molecular weight is 506 g/mol. The van der Waals surface area contributed by atoms with Crippen LogP contribution in [0.1, 0.15) is 16.1 Å². The Kier molecular flexibility index (Phi) is 6.93. The molecule has 0 aliphatic rings. The Morgan fingerprint density at radius 2 is 1.79 bits per heavy atom. The number of nitrogens with zero attached hydrogens (tertiary/aromatic N) is 3. The number of rotatable bonds is 7. The standard InChI is InChI=1S/C21H14F3N5O3S2/c22-21(23,24)13-7-4-8-14(9-13)25-17(30)11-33-20-28-27-19(34-20)26-18(31)15-10-16(32-29-15)12-5-2-1-3-6-12/h1-10H,11H2,(H,25,30)(H,26,27,31). The van der Waals surface area contributed by atoms with Gasteiger partial charge in [0.25, 0.3) is 5.91 Å². The summed E-state index contributed by atoms with van der Waals surface area (Å²) in [5.41, 5.74) is 0.00867. The molecule has 0 bridgehead atoms. The molecule has 4 aromatic rings. The Bertz CT molecular complexity index is 1310.